The van der Waals surface area contributed by atoms with Gasteiger partial charge in [0, 0.05) is 25.1 Å². The fourth-order valence-corrected chi connectivity index (χ4v) is 6.12. The lowest BCUT2D eigenvalue weighted by Gasteiger charge is -2.22. The van der Waals surface area contributed by atoms with E-state index in [0.29, 0.717) is 48.8 Å². The van der Waals surface area contributed by atoms with Gasteiger partial charge >= 0.3 is 5.97 Å². The number of hydrogen-bond donors (Lipinski definition) is 2. The summed E-state index contributed by atoms with van der Waals surface area (Å²) in [6.45, 7) is 3.62. The van der Waals surface area contributed by atoms with Gasteiger partial charge in [0.25, 0.3) is 29.3 Å². The second-order valence-corrected chi connectivity index (χ2v) is 12.9. The highest BCUT2D eigenvalue weighted by Crippen LogP contribution is 2.34. The summed E-state index contributed by atoms with van der Waals surface area (Å²) in [6.07, 6.45) is 2.45. The first-order valence-corrected chi connectivity index (χ1v) is 18.0. The third-order valence-electron chi connectivity index (χ3n) is 8.99. The molecule has 296 valence electrons. The third kappa shape index (κ3) is 9.59. The van der Waals surface area contributed by atoms with E-state index < -0.39 is 52.4 Å². The molecule has 0 fully saturated rings. The molecule has 0 bridgehead atoms. The number of nitro benzene ring substituents is 1. The maximum atomic E-state index is 13.7. The number of unbranched alkanes of at least 4 members (excludes halogenated alkanes) is 2. The van der Waals surface area contributed by atoms with E-state index in [1.807, 2.05) is 19.1 Å². The van der Waals surface area contributed by atoms with E-state index in [1.54, 1.807) is 32.2 Å². The molecule has 5 amide bonds. The molecule has 0 aromatic heterocycles. The van der Waals surface area contributed by atoms with Crippen molar-refractivity contribution < 1.29 is 47.9 Å². The van der Waals surface area contributed by atoms with Crippen LogP contribution in [-0.4, -0.2) is 79.2 Å². The van der Waals surface area contributed by atoms with Crippen molar-refractivity contribution >= 4 is 58.3 Å². The Bertz CT molecular complexity index is 2200. The topological polar surface area (TPSA) is 204 Å². The summed E-state index contributed by atoms with van der Waals surface area (Å²) in [7, 11) is 2.92. The Balaban J connectivity index is 1.29. The number of hydrogen-bond acceptors (Lipinski definition) is 11. The first-order valence-electron chi connectivity index (χ1n) is 18.0. The molecule has 5 rings (SSSR count). The van der Waals surface area contributed by atoms with E-state index in [0.717, 1.165) is 18.1 Å². The summed E-state index contributed by atoms with van der Waals surface area (Å²) in [5.74, 6) is -3.29. The molecule has 4 aromatic rings. The summed E-state index contributed by atoms with van der Waals surface area (Å²) >= 11 is 0. The standard InChI is InChI=1S/C41H41N5O11/c1-5-56-36(48)16-7-6-10-21-57-34-22-25(2)17-20-31(34)44(3)39(50)26-18-19-30(33(23-26)55-4)42-38(49)29-14-11-15-32(46(53)54)37(29)43-35(47)24-45-40(51)27-12-8-9-13-28(27)41(45)52/h8-9,11-15,17-20,22-23H,5-7,10,16,21,24H2,1-4H3,(H,42,49)(H,43,47). The number of fused-ring (bicyclic) bond motifs is 1. The van der Waals surface area contributed by atoms with E-state index in [4.69, 9.17) is 14.2 Å². The SMILES string of the molecule is CCOC(=O)CCCCCOc1cc(C)ccc1N(C)C(=O)c1ccc(NC(=O)c2cccc([N+](=O)[O-])c2NC(=O)CN2C(=O)c3ccccc3C2=O)c(OC)c1. The van der Waals surface area contributed by atoms with Crippen LogP contribution in [0.15, 0.2) is 78.9 Å². The Morgan fingerprint density at radius 1 is 0.860 bits per heavy atom. The first kappa shape index (κ1) is 41.1. The Kier molecular flexibility index (Phi) is 13.3. The molecule has 0 saturated heterocycles. The molecule has 16 heteroatoms. The van der Waals surface area contributed by atoms with Crippen LogP contribution in [0.25, 0.3) is 0 Å². The molecule has 0 spiro atoms. The van der Waals surface area contributed by atoms with Crippen molar-refractivity contribution in [3.63, 3.8) is 0 Å². The van der Waals surface area contributed by atoms with Gasteiger partial charge in [0.1, 0.15) is 23.7 Å². The molecular weight excluding hydrogens is 738 g/mol. The van der Waals surface area contributed by atoms with Crippen LogP contribution in [0.5, 0.6) is 11.5 Å². The highest BCUT2D eigenvalue weighted by atomic mass is 16.6. The van der Waals surface area contributed by atoms with Crippen molar-refractivity contribution in [1.29, 1.82) is 0 Å². The van der Waals surface area contributed by atoms with Crippen molar-refractivity contribution in [2.45, 2.75) is 39.5 Å². The lowest BCUT2D eigenvalue weighted by Crippen LogP contribution is -2.37. The maximum absolute atomic E-state index is 13.7. The zero-order valence-corrected chi connectivity index (χ0v) is 31.8. The molecule has 2 N–H and O–H groups in total. The van der Waals surface area contributed by atoms with E-state index >= 15 is 0 Å². The van der Waals surface area contributed by atoms with E-state index in [2.05, 4.69) is 10.6 Å². The van der Waals surface area contributed by atoms with Crippen molar-refractivity contribution in [3.05, 3.63) is 117 Å². The minimum atomic E-state index is -0.953. The highest BCUT2D eigenvalue weighted by molar-refractivity contribution is 6.23. The molecule has 0 saturated carbocycles. The van der Waals surface area contributed by atoms with Crippen LogP contribution in [0, 0.1) is 17.0 Å². The second-order valence-electron chi connectivity index (χ2n) is 12.9. The lowest BCUT2D eigenvalue weighted by molar-refractivity contribution is -0.383. The van der Waals surface area contributed by atoms with Gasteiger partial charge in [-0.05, 0) is 87.2 Å². The van der Waals surface area contributed by atoms with Gasteiger partial charge in [-0.1, -0.05) is 24.3 Å². The van der Waals surface area contributed by atoms with Crippen molar-refractivity contribution in [2.75, 3.05) is 49.4 Å². The van der Waals surface area contributed by atoms with Gasteiger partial charge in [0.15, 0.2) is 0 Å². The summed E-state index contributed by atoms with van der Waals surface area (Å²) in [4.78, 5) is 91.1. The molecule has 1 heterocycles. The Morgan fingerprint density at radius 3 is 2.25 bits per heavy atom. The predicted molar refractivity (Wildman–Crippen MR) is 209 cm³/mol. The first-order chi connectivity index (χ1) is 27.3. The Labute approximate surface area is 327 Å². The van der Waals surface area contributed by atoms with Gasteiger partial charge in [0.2, 0.25) is 5.91 Å². The van der Waals surface area contributed by atoms with Gasteiger partial charge in [0.05, 0.1) is 53.3 Å². The summed E-state index contributed by atoms with van der Waals surface area (Å²) in [5, 5.41) is 17.0. The number of amides is 5. The highest BCUT2D eigenvalue weighted by Gasteiger charge is 2.37. The molecule has 0 aliphatic carbocycles. The third-order valence-corrected chi connectivity index (χ3v) is 8.99. The Morgan fingerprint density at radius 2 is 1.58 bits per heavy atom. The molecular formula is C41H41N5O11. The number of anilines is 3. The molecule has 0 atom stereocenters. The number of ether oxygens (including phenoxy) is 3. The number of para-hydroxylation sites is 1. The normalized spacial score (nSPS) is 11.8. The zero-order valence-electron chi connectivity index (χ0n) is 31.8. The minimum absolute atomic E-state index is 0.0902. The summed E-state index contributed by atoms with van der Waals surface area (Å²) in [6, 6.07) is 19.4. The Hall–Kier alpha value is -7.10. The number of nitrogens with one attached hydrogen (secondary N) is 2. The van der Waals surface area contributed by atoms with Gasteiger partial charge in [-0.2, -0.15) is 0 Å². The zero-order chi connectivity index (χ0) is 41.2. The lowest BCUT2D eigenvalue weighted by atomic mass is 10.1. The van der Waals surface area contributed by atoms with Crippen LogP contribution in [0.3, 0.4) is 0 Å². The number of carbonyl (C=O) groups excluding carboxylic acids is 6. The van der Waals surface area contributed by atoms with Crippen LogP contribution < -0.4 is 25.0 Å². The maximum Gasteiger partial charge on any atom is 0.305 e. The van der Waals surface area contributed by atoms with Gasteiger partial charge < -0.3 is 29.7 Å². The minimum Gasteiger partial charge on any atom is -0.495 e. The average molecular weight is 780 g/mol. The van der Waals surface area contributed by atoms with Crippen LogP contribution in [-0.2, 0) is 14.3 Å². The van der Waals surface area contributed by atoms with E-state index in [1.165, 1.54) is 54.5 Å². The number of imide groups is 1. The second kappa shape index (κ2) is 18.5. The van der Waals surface area contributed by atoms with Gasteiger partial charge in [-0.15, -0.1) is 0 Å². The molecule has 0 radical (unpaired) electrons. The number of aryl methyl sites for hydroxylation is 1. The van der Waals surface area contributed by atoms with Crippen LogP contribution >= 0.6 is 0 Å². The molecule has 4 aromatic carbocycles. The number of benzene rings is 4. The fourth-order valence-electron chi connectivity index (χ4n) is 6.12. The van der Waals surface area contributed by atoms with Crippen molar-refractivity contribution in [1.82, 2.24) is 4.90 Å². The number of rotatable bonds is 17. The largest absolute Gasteiger partial charge is 0.495 e. The number of esters is 1. The van der Waals surface area contributed by atoms with E-state index in [-0.39, 0.29) is 39.7 Å². The molecule has 16 nitrogen and oxygen atoms in total. The van der Waals surface area contributed by atoms with E-state index in [9.17, 15) is 38.9 Å². The van der Waals surface area contributed by atoms with Crippen LogP contribution in [0.2, 0.25) is 0 Å². The fraction of sp³-hybridized carbons (Fsp3) is 0.268. The molecule has 0 unspecified atom stereocenters. The number of methoxy groups -OCH3 is 1. The monoisotopic (exact) mass is 779 g/mol. The van der Waals surface area contributed by atoms with Gasteiger partial charge in [-0.25, -0.2) is 0 Å². The summed E-state index contributed by atoms with van der Waals surface area (Å²) in [5.41, 5.74) is 0.626. The number of nitrogens with zero attached hydrogens (tertiary/aromatic N) is 3. The predicted octanol–water partition coefficient (Wildman–Crippen LogP) is 6.18. The van der Waals surface area contributed by atoms with Crippen LogP contribution in [0.4, 0.5) is 22.7 Å². The number of nitro groups is 1. The summed E-state index contributed by atoms with van der Waals surface area (Å²) < 4.78 is 16.5. The van der Waals surface area contributed by atoms with Crippen molar-refractivity contribution in [2.24, 2.45) is 0 Å². The number of carbonyl (C=O) groups is 6. The van der Waals surface area contributed by atoms with Gasteiger partial charge in [-0.3, -0.25) is 43.8 Å². The smallest absolute Gasteiger partial charge is 0.305 e. The van der Waals surface area contributed by atoms with Crippen LogP contribution in [0.1, 0.15) is 79.6 Å². The quantitative estimate of drug-likeness (QED) is 0.0407. The molecule has 1 aliphatic rings. The van der Waals surface area contributed by atoms with Crippen molar-refractivity contribution in [3.8, 4) is 11.5 Å². The molecule has 57 heavy (non-hydrogen) atoms. The molecule has 1 aliphatic heterocycles. The average Bonchev–Trinajstić information content (AvgIpc) is 3.43.